The minimum Gasteiger partial charge on any atom is -0.492 e. The van der Waals surface area contributed by atoms with Gasteiger partial charge in [-0.05, 0) is 119 Å². The van der Waals surface area contributed by atoms with Crippen LogP contribution in [-0.2, 0) is 43.3 Å². The van der Waals surface area contributed by atoms with E-state index in [1.54, 1.807) is 14.0 Å². The van der Waals surface area contributed by atoms with Crippen LogP contribution in [0.25, 0.3) is 11.6 Å². The summed E-state index contributed by atoms with van der Waals surface area (Å²) in [7, 11) is 1.70. The number of aliphatic hydroxyl groups excluding tert-OH is 3. The number of fused-ring (bicyclic) bond motifs is 7. The van der Waals surface area contributed by atoms with Gasteiger partial charge in [-0.15, -0.1) is 0 Å². The lowest BCUT2D eigenvalue weighted by Crippen LogP contribution is -2.54. The second-order valence-corrected chi connectivity index (χ2v) is 17.9. The molecular formula is C49H62N2O12. The molecule has 0 spiro atoms. The van der Waals surface area contributed by atoms with Crippen LogP contribution in [0.5, 0.6) is 17.2 Å². The van der Waals surface area contributed by atoms with Crippen molar-refractivity contribution in [1.29, 1.82) is 0 Å². The van der Waals surface area contributed by atoms with Crippen LogP contribution in [0.4, 0.5) is 0 Å². The van der Waals surface area contributed by atoms with E-state index in [4.69, 9.17) is 23.7 Å². The number of nitrogens with zero attached hydrogens (tertiary/aromatic N) is 2. The number of aldehydes is 1. The Labute approximate surface area is 368 Å². The predicted molar refractivity (Wildman–Crippen MR) is 232 cm³/mol. The molecule has 4 atom stereocenters. The number of esters is 1. The maximum Gasteiger partial charge on any atom is 0.375 e. The summed E-state index contributed by atoms with van der Waals surface area (Å²) in [4.78, 5) is 48.4. The largest absolute Gasteiger partial charge is 0.492 e. The summed E-state index contributed by atoms with van der Waals surface area (Å²) in [6.07, 6.45) is 7.73. The molecule has 2 bridgehead atoms. The van der Waals surface area contributed by atoms with Crippen LogP contribution in [0, 0.1) is 11.8 Å². The van der Waals surface area contributed by atoms with Gasteiger partial charge < -0.3 is 49.0 Å². The number of allylic oxidation sites excluding steroid dienone is 3. The Kier molecular flexibility index (Phi) is 14.2. The summed E-state index contributed by atoms with van der Waals surface area (Å²) in [5.41, 5.74) is 2.82. The first-order valence-electron chi connectivity index (χ1n) is 22.9. The topological polar surface area (TPSA) is 194 Å². The Morgan fingerprint density at radius 1 is 1.03 bits per heavy atom. The molecule has 0 radical (unpaired) electrons. The number of hydrogen-bond acceptors (Lipinski definition) is 14. The lowest BCUT2D eigenvalue weighted by atomic mass is 9.72. The van der Waals surface area contributed by atoms with Crippen molar-refractivity contribution < 1.29 is 58.5 Å². The minimum absolute atomic E-state index is 0.0112. The van der Waals surface area contributed by atoms with Gasteiger partial charge in [-0.3, -0.25) is 14.6 Å². The molecule has 1 aliphatic carbocycles. The SMILES string of the molecule is CCOC(=O)C1=C(C=O)/C2=C3\CCC(=O)[C@H](C3)c3cc4c(cc3CC[C@@H](CO)COc3c5c(c(CO)c(c32)O1)O[C@H]([C@@](O)(CCCCO)C1CCN(CCCOC)CC1)C5)=NCC=4. The van der Waals surface area contributed by atoms with Gasteiger partial charge in [-0.2, -0.15) is 0 Å². The highest BCUT2D eigenvalue weighted by Gasteiger charge is 2.51. The standard InChI is InChI=1S/C49H62N2O12/c1-3-60-48(57)47-37(26-54)42-32-9-10-40(56)35(22-32)34-21-31-11-15-50-39(31)23-30(34)8-7-29(25-53)28-61-45-36-24-41(62-44(36)38(27-55)46(63-47)43(42)45)49(58,14-4-5-19-52)33-12-17-51(18-13-33)16-6-20-59-2/h11,21,23,26,29,33,35,41,52-53,55,58H,3-10,12-20,22,24-25,27-28H2,1-2H3/b42-32-/t29-,35+,41-,49+/m0/s1. The third-order valence-electron chi connectivity index (χ3n) is 14.2. The number of rotatable bonds is 15. The zero-order valence-electron chi connectivity index (χ0n) is 36.6. The van der Waals surface area contributed by atoms with Crippen molar-refractivity contribution in [2.24, 2.45) is 16.8 Å². The summed E-state index contributed by atoms with van der Waals surface area (Å²) < 4.78 is 31.0. The number of ketones is 1. The molecule has 0 aromatic heterocycles. The average Bonchev–Trinajstić information content (AvgIpc) is 3.96. The van der Waals surface area contributed by atoms with Gasteiger partial charge in [0.2, 0.25) is 5.76 Å². The van der Waals surface area contributed by atoms with Crippen LogP contribution < -0.4 is 24.8 Å². The molecule has 5 heterocycles. The number of Topliss-reactive ketones (excluding diaryl/α,β-unsaturated/α-hetero) is 1. The van der Waals surface area contributed by atoms with Crippen molar-refractivity contribution >= 4 is 29.7 Å². The minimum atomic E-state index is -1.33. The van der Waals surface area contributed by atoms with E-state index < -0.39 is 30.2 Å². The summed E-state index contributed by atoms with van der Waals surface area (Å²) in [5, 5.41) is 46.8. The van der Waals surface area contributed by atoms with Crippen molar-refractivity contribution in [2.75, 3.05) is 66.3 Å². The first-order valence-corrected chi connectivity index (χ1v) is 22.9. The number of hydrogen-bond donors (Lipinski definition) is 4. The maximum atomic E-state index is 14.1. The van der Waals surface area contributed by atoms with Crippen LogP contribution in [0.2, 0.25) is 0 Å². The number of unbranched alkanes of at least 4 members (excludes halogenated alkanes) is 1. The molecule has 340 valence electrons. The molecular weight excluding hydrogens is 809 g/mol. The van der Waals surface area contributed by atoms with Crippen molar-refractivity contribution in [3.63, 3.8) is 0 Å². The Bertz CT molecular complexity index is 2280. The number of carbonyl (C=O) groups is 3. The van der Waals surface area contributed by atoms with Crippen LogP contribution in [0.3, 0.4) is 0 Å². The second kappa shape index (κ2) is 19.7. The number of ether oxygens (including phenoxy) is 5. The van der Waals surface area contributed by atoms with E-state index in [2.05, 4.69) is 22.0 Å². The van der Waals surface area contributed by atoms with Gasteiger partial charge in [0.05, 0.1) is 48.4 Å². The van der Waals surface area contributed by atoms with E-state index in [1.807, 2.05) is 6.08 Å². The Morgan fingerprint density at radius 3 is 2.59 bits per heavy atom. The first kappa shape index (κ1) is 45.1. The summed E-state index contributed by atoms with van der Waals surface area (Å²) in [6, 6.07) is 4.12. The molecule has 0 amide bonds. The molecule has 5 aliphatic heterocycles. The number of benzene rings is 2. The second-order valence-electron chi connectivity index (χ2n) is 17.9. The first-order chi connectivity index (χ1) is 30.7. The molecule has 1 saturated carbocycles. The third kappa shape index (κ3) is 8.74. The van der Waals surface area contributed by atoms with Crippen molar-refractivity contribution in [3.8, 4) is 17.2 Å². The molecule has 14 heteroatoms. The molecule has 1 saturated heterocycles. The van der Waals surface area contributed by atoms with Gasteiger partial charge in [0.1, 0.15) is 34.7 Å². The predicted octanol–water partition coefficient (Wildman–Crippen LogP) is 3.17. The number of piperidine rings is 1. The van der Waals surface area contributed by atoms with E-state index >= 15 is 0 Å². The zero-order valence-corrected chi connectivity index (χ0v) is 36.6. The van der Waals surface area contributed by atoms with E-state index in [0.717, 1.165) is 66.2 Å². The Hall–Kier alpha value is -4.44. The fourth-order valence-electron chi connectivity index (χ4n) is 10.8. The average molecular weight is 871 g/mol. The van der Waals surface area contributed by atoms with Gasteiger partial charge in [0.15, 0.2) is 6.29 Å². The van der Waals surface area contributed by atoms with E-state index in [-0.39, 0.29) is 91.7 Å². The van der Waals surface area contributed by atoms with Crippen molar-refractivity contribution in [3.05, 3.63) is 67.4 Å². The molecule has 6 aliphatic rings. The van der Waals surface area contributed by atoms with E-state index in [0.29, 0.717) is 80.4 Å². The quantitative estimate of drug-likeness (QED) is 0.116. The number of aliphatic hydroxyl groups is 4. The van der Waals surface area contributed by atoms with E-state index in [9.17, 15) is 34.8 Å². The molecule has 2 aromatic rings. The highest BCUT2D eigenvalue weighted by atomic mass is 16.6. The normalized spacial score (nSPS) is 24.3. The number of methoxy groups -OCH3 is 1. The van der Waals surface area contributed by atoms with Crippen LogP contribution >= 0.6 is 0 Å². The molecule has 14 nitrogen and oxygen atoms in total. The van der Waals surface area contributed by atoms with Gasteiger partial charge in [-0.25, -0.2) is 4.79 Å². The summed E-state index contributed by atoms with van der Waals surface area (Å²) >= 11 is 0. The number of carbonyl (C=O) groups excluding carboxylic acids is 3. The van der Waals surface area contributed by atoms with Gasteiger partial charge in [0.25, 0.3) is 0 Å². The zero-order chi connectivity index (χ0) is 44.3. The summed E-state index contributed by atoms with van der Waals surface area (Å²) in [6.45, 7) is 4.69. The molecule has 4 N–H and O–H groups in total. The Balaban J connectivity index is 1.30. The van der Waals surface area contributed by atoms with Crippen LogP contribution in [0.15, 0.2) is 34.0 Å². The fourth-order valence-corrected chi connectivity index (χ4v) is 10.8. The Morgan fingerprint density at radius 2 is 1.86 bits per heavy atom. The van der Waals surface area contributed by atoms with E-state index in [1.165, 1.54) is 0 Å². The van der Waals surface area contributed by atoms with Crippen molar-refractivity contribution in [1.82, 2.24) is 4.90 Å². The molecule has 0 unspecified atom stereocenters. The summed E-state index contributed by atoms with van der Waals surface area (Å²) in [5.74, 6) is -1.49. The van der Waals surface area contributed by atoms with Gasteiger partial charge >= 0.3 is 5.97 Å². The molecule has 2 aromatic carbocycles. The lowest BCUT2D eigenvalue weighted by molar-refractivity contribution is -0.141. The van der Waals surface area contributed by atoms with Gasteiger partial charge in [-0.1, -0.05) is 11.6 Å². The van der Waals surface area contributed by atoms with Crippen molar-refractivity contribution in [2.45, 2.75) is 108 Å². The highest BCUT2D eigenvalue weighted by molar-refractivity contribution is 6.11. The molecule has 8 rings (SSSR count). The van der Waals surface area contributed by atoms with Gasteiger partial charge in [0, 0.05) is 69.3 Å². The number of likely N-dealkylation sites (tertiary alicyclic amines) is 1. The lowest BCUT2D eigenvalue weighted by Gasteiger charge is -2.44. The maximum absolute atomic E-state index is 14.1. The van der Waals surface area contributed by atoms with Crippen LogP contribution in [-0.4, -0.2) is 121 Å². The van der Waals surface area contributed by atoms with Crippen LogP contribution in [0.1, 0.15) is 105 Å². The third-order valence-corrected chi connectivity index (χ3v) is 14.2. The number of aryl methyl sites for hydroxylation is 1. The fraction of sp³-hybridized carbons (Fsp3) is 0.592. The highest BCUT2D eigenvalue weighted by Crippen LogP contribution is 2.57. The monoisotopic (exact) mass is 870 g/mol. The smallest absolute Gasteiger partial charge is 0.375 e. The molecule has 2 fully saturated rings. The molecule has 63 heavy (non-hydrogen) atoms.